The van der Waals surface area contributed by atoms with Crippen LogP contribution in [0.4, 0.5) is 0 Å². The monoisotopic (exact) mass is 284 g/mol. The van der Waals surface area contributed by atoms with E-state index in [0.717, 1.165) is 34.8 Å². The molecule has 0 amide bonds. The van der Waals surface area contributed by atoms with Crippen molar-refractivity contribution in [2.75, 3.05) is 0 Å². The quantitative estimate of drug-likeness (QED) is 0.921. The number of nitrogens with two attached hydrogens (primary N) is 1. The molecule has 3 saturated carbocycles. The van der Waals surface area contributed by atoms with Gasteiger partial charge in [-0.25, -0.2) is 4.79 Å². The number of fused-ring (bicyclic) bond motifs is 6. The van der Waals surface area contributed by atoms with Crippen LogP contribution in [0.5, 0.6) is 0 Å². The standard InChI is InChI=1S/C17H20N2O2/c1-19-11-5-4-10(7-12(11)21-17(19)20)16(18)15-13-8-2-3-9(6-8)14(13)15/h4-5,7-9,13-16H,2-3,6,18H2,1H3. The molecule has 21 heavy (non-hydrogen) atoms. The zero-order valence-corrected chi connectivity index (χ0v) is 12.2. The van der Waals surface area contributed by atoms with Crippen LogP contribution in [0.25, 0.3) is 11.1 Å². The van der Waals surface area contributed by atoms with Crippen LogP contribution < -0.4 is 11.5 Å². The lowest BCUT2D eigenvalue weighted by Crippen LogP contribution is -2.17. The Morgan fingerprint density at radius 1 is 1.29 bits per heavy atom. The molecule has 1 heterocycles. The largest absolute Gasteiger partial charge is 0.419 e. The molecular weight excluding hydrogens is 264 g/mol. The third kappa shape index (κ3) is 1.46. The first-order chi connectivity index (χ1) is 10.1. The van der Waals surface area contributed by atoms with E-state index in [2.05, 4.69) is 6.07 Å². The molecule has 2 N–H and O–H groups in total. The number of hydrogen-bond acceptors (Lipinski definition) is 3. The van der Waals surface area contributed by atoms with E-state index in [0.29, 0.717) is 11.5 Å². The Bertz CT molecular complexity index is 774. The van der Waals surface area contributed by atoms with Gasteiger partial charge in [0.15, 0.2) is 5.58 Å². The van der Waals surface area contributed by atoms with Gasteiger partial charge in [0.1, 0.15) is 0 Å². The minimum atomic E-state index is -0.308. The van der Waals surface area contributed by atoms with Crippen LogP contribution in [0.1, 0.15) is 30.9 Å². The molecule has 0 aliphatic heterocycles. The average Bonchev–Trinajstić information content (AvgIpc) is 2.77. The second-order valence-electron chi connectivity index (χ2n) is 7.25. The van der Waals surface area contributed by atoms with Gasteiger partial charge in [-0.15, -0.1) is 0 Å². The molecule has 1 aromatic carbocycles. The van der Waals surface area contributed by atoms with Gasteiger partial charge in [0.25, 0.3) is 0 Å². The summed E-state index contributed by atoms with van der Waals surface area (Å²) in [6.07, 6.45) is 4.29. The van der Waals surface area contributed by atoms with Crippen molar-refractivity contribution in [2.24, 2.45) is 42.4 Å². The van der Waals surface area contributed by atoms with Crippen molar-refractivity contribution in [3.8, 4) is 0 Å². The van der Waals surface area contributed by atoms with Crippen LogP contribution in [0, 0.1) is 29.6 Å². The molecule has 1 aromatic heterocycles. The highest BCUT2D eigenvalue weighted by Crippen LogP contribution is 2.71. The predicted molar refractivity (Wildman–Crippen MR) is 79.7 cm³/mol. The van der Waals surface area contributed by atoms with E-state index in [4.69, 9.17) is 10.2 Å². The smallest absolute Gasteiger partial charge is 0.408 e. The third-order valence-electron chi connectivity index (χ3n) is 6.41. The fourth-order valence-corrected chi connectivity index (χ4v) is 5.45. The van der Waals surface area contributed by atoms with Crippen LogP contribution in [-0.2, 0) is 7.05 Å². The Morgan fingerprint density at radius 3 is 2.71 bits per heavy atom. The summed E-state index contributed by atoms with van der Waals surface area (Å²) in [4.78, 5) is 11.6. The number of aryl methyl sites for hydroxylation is 1. The Kier molecular flexibility index (Phi) is 2.18. The maximum absolute atomic E-state index is 11.6. The van der Waals surface area contributed by atoms with Gasteiger partial charge in [-0.2, -0.15) is 0 Å². The van der Waals surface area contributed by atoms with Crippen LogP contribution in [-0.4, -0.2) is 4.57 Å². The lowest BCUT2D eigenvalue weighted by Gasteiger charge is -2.16. The van der Waals surface area contributed by atoms with Gasteiger partial charge in [0.05, 0.1) is 5.52 Å². The van der Waals surface area contributed by atoms with Gasteiger partial charge >= 0.3 is 5.76 Å². The van der Waals surface area contributed by atoms with E-state index in [1.807, 2.05) is 12.1 Å². The Balaban J connectivity index is 1.49. The van der Waals surface area contributed by atoms with Crippen LogP contribution in [0.15, 0.2) is 27.4 Å². The molecule has 3 aliphatic carbocycles. The lowest BCUT2D eigenvalue weighted by atomic mass is 9.93. The van der Waals surface area contributed by atoms with Crippen molar-refractivity contribution >= 4 is 11.1 Å². The molecule has 4 heteroatoms. The lowest BCUT2D eigenvalue weighted by molar-refractivity contribution is 0.417. The third-order valence-corrected chi connectivity index (χ3v) is 6.41. The predicted octanol–water partition coefficient (Wildman–Crippen LogP) is 2.42. The fraction of sp³-hybridized carbons (Fsp3) is 0.588. The van der Waals surface area contributed by atoms with Gasteiger partial charge in [-0.05, 0) is 66.5 Å². The Hall–Kier alpha value is -1.55. The van der Waals surface area contributed by atoms with Crippen molar-refractivity contribution in [2.45, 2.75) is 25.3 Å². The van der Waals surface area contributed by atoms with Crippen LogP contribution in [0.2, 0.25) is 0 Å². The zero-order chi connectivity index (χ0) is 14.3. The molecule has 0 radical (unpaired) electrons. The molecule has 5 unspecified atom stereocenters. The van der Waals surface area contributed by atoms with Gasteiger partial charge in [-0.3, -0.25) is 4.57 Å². The van der Waals surface area contributed by atoms with Crippen molar-refractivity contribution in [1.82, 2.24) is 4.57 Å². The molecule has 0 saturated heterocycles. The summed E-state index contributed by atoms with van der Waals surface area (Å²) in [5, 5.41) is 0. The first-order valence-electron chi connectivity index (χ1n) is 8.00. The molecule has 5 atom stereocenters. The van der Waals surface area contributed by atoms with E-state index in [1.165, 1.54) is 23.8 Å². The summed E-state index contributed by atoms with van der Waals surface area (Å²) in [6.45, 7) is 0. The Labute approximate surface area is 122 Å². The first-order valence-corrected chi connectivity index (χ1v) is 8.00. The van der Waals surface area contributed by atoms with Crippen LogP contribution in [0.3, 0.4) is 0 Å². The maximum atomic E-state index is 11.6. The summed E-state index contributed by atoms with van der Waals surface area (Å²) < 4.78 is 6.83. The first kappa shape index (κ1) is 12.0. The van der Waals surface area contributed by atoms with Crippen molar-refractivity contribution in [3.63, 3.8) is 0 Å². The molecule has 3 aliphatic rings. The number of hydrogen-bond donors (Lipinski definition) is 1. The topological polar surface area (TPSA) is 61.2 Å². The fourth-order valence-electron chi connectivity index (χ4n) is 5.45. The van der Waals surface area contributed by atoms with E-state index >= 15 is 0 Å². The van der Waals surface area contributed by atoms with E-state index < -0.39 is 0 Å². The van der Waals surface area contributed by atoms with Crippen molar-refractivity contribution in [3.05, 3.63) is 34.3 Å². The SMILES string of the molecule is Cn1c(=O)oc2cc(C(N)C3C4C5CCC(C5)C43)ccc21. The number of rotatable bonds is 2. The van der Waals surface area contributed by atoms with Gasteiger partial charge < -0.3 is 10.2 Å². The molecule has 3 fully saturated rings. The minimum absolute atomic E-state index is 0.0957. The molecule has 2 aromatic rings. The van der Waals surface area contributed by atoms with Crippen molar-refractivity contribution < 1.29 is 4.42 Å². The summed E-state index contributed by atoms with van der Waals surface area (Å²) in [7, 11) is 1.73. The Morgan fingerprint density at radius 2 is 2.00 bits per heavy atom. The molecule has 0 spiro atoms. The van der Waals surface area contributed by atoms with E-state index in [-0.39, 0.29) is 11.8 Å². The van der Waals surface area contributed by atoms with Gasteiger partial charge in [0.2, 0.25) is 0 Å². The van der Waals surface area contributed by atoms with Crippen LogP contribution >= 0.6 is 0 Å². The second-order valence-corrected chi connectivity index (χ2v) is 7.25. The van der Waals surface area contributed by atoms with E-state index in [9.17, 15) is 4.79 Å². The number of nitrogens with zero attached hydrogens (tertiary/aromatic N) is 1. The zero-order valence-electron chi connectivity index (χ0n) is 12.2. The van der Waals surface area contributed by atoms with E-state index in [1.54, 1.807) is 7.05 Å². The summed E-state index contributed by atoms with van der Waals surface area (Å²) in [5.74, 6) is 3.97. The average molecular weight is 284 g/mol. The molecule has 4 nitrogen and oxygen atoms in total. The number of aromatic nitrogens is 1. The molecule has 5 rings (SSSR count). The summed E-state index contributed by atoms with van der Waals surface area (Å²) >= 11 is 0. The van der Waals surface area contributed by atoms with Gasteiger partial charge in [0, 0.05) is 13.1 Å². The highest BCUT2D eigenvalue weighted by molar-refractivity contribution is 5.73. The molecule has 2 bridgehead atoms. The summed E-state index contributed by atoms with van der Waals surface area (Å²) in [5.41, 5.74) is 9.17. The molecular formula is C17H20N2O2. The number of benzene rings is 1. The summed E-state index contributed by atoms with van der Waals surface area (Å²) in [6, 6.07) is 6.09. The van der Waals surface area contributed by atoms with Gasteiger partial charge in [-0.1, -0.05) is 6.07 Å². The minimum Gasteiger partial charge on any atom is -0.408 e. The highest BCUT2D eigenvalue weighted by atomic mass is 16.4. The maximum Gasteiger partial charge on any atom is 0.419 e. The highest BCUT2D eigenvalue weighted by Gasteiger charge is 2.66. The van der Waals surface area contributed by atoms with Crippen molar-refractivity contribution in [1.29, 1.82) is 0 Å². The molecule has 110 valence electrons. The normalized spacial score (nSPS) is 37.9. The second kappa shape index (κ2) is 3.80. The number of oxazole rings is 1.